The van der Waals surface area contributed by atoms with Crippen molar-refractivity contribution in [3.05, 3.63) is 11.9 Å². The minimum atomic E-state index is 0.0394. The van der Waals surface area contributed by atoms with Crippen molar-refractivity contribution in [2.75, 3.05) is 23.7 Å². The summed E-state index contributed by atoms with van der Waals surface area (Å²) in [5.74, 6) is 1.83. The molecule has 1 aromatic heterocycles. The summed E-state index contributed by atoms with van der Waals surface area (Å²) in [5.41, 5.74) is 7.01. The van der Waals surface area contributed by atoms with Crippen molar-refractivity contribution < 1.29 is 4.79 Å². The van der Waals surface area contributed by atoms with Gasteiger partial charge >= 0.3 is 0 Å². The maximum atomic E-state index is 11.1. The summed E-state index contributed by atoms with van der Waals surface area (Å²) in [6, 6.07) is 0.269. The van der Waals surface area contributed by atoms with E-state index in [1.807, 2.05) is 0 Å². The lowest BCUT2D eigenvalue weighted by molar-refractivity contribution is -0.119. The molecule has 0 atom stereocenters. The molecule has 2 rings (SSSR count). The van der Waals surface area contributed by atoms with E-state index in [2.05, 4.69) is 34.0 Å². The van der Waals surface area contributed by atoms with E-state index in [1.54, 1.807) is 6.92 Å². The van der Waals surface area contributed by atoms with Gasteiger partial charge in [-0.25, -0.2) is 9.97 Å². The second-order valence-electron chi connectivity index (χ2n) is 5.61. The molecule has 0 aliphatic carbocycles. The number of carbonyl (C=O) groups is 1. The lowest BCUT2D eigenvalue weighted by atomic mass is 10.0. The second-order valence-corrected chi connectivity index (χ2v) is 5.61. The minimum absolute atomic E-state index is 0.0394. The van der Waals surface area contributed by atoms with Crippen LogP contribution in [0.25, 0.3) is 0 Å². The molecule has 0 radical (unpaired) electrons. The summed E-state index contributed by atoms with van der Waals surface area (Å²) >= 11 is 0. The van der Waals surface area contributed by atoms with Gasteiger partial charge in [0.2, 0.25) is 5.91 Å². The van der Waals surface area contributed by atoms with E-state index in [0.717, 1.165) is 37.3 Å². The fourth-order valence-corrected chi connectivity index (χ4v) is 2.73. The van der Waals surface area contributed by atoms with Gasteiger partial charge in [-0.15, -0.1) is 0 Å². The van der Waals surface area contributed by atoms with Crippen molar-refractivity contribution in [1.29, 1.82) is 0 Å². The first-order chi connectivity index (χ1) is 9.49. The SMILES string of the molecule is CC(=O)NC1CCN(c2ncnc(N)c2C(C)C)CC1. The fraction of sp³-hybridized carbons (Fsp3) is 0.643. The normalized spacial score (nSPS) is 16.5. The summed E-state index contributed by atoms with van der Waals surface area (Å²) in [4.78, 5) is 21.8. The molecule has 1 amide bonds. The molecule has 1 aromatic rings. The Hall–Kier alpha value is -1.85. The third kappa shape index (κ3) is 3.18. The van der Waals surface area contributed by atoms with Gasteiger partial charge in [-0.2, -0.15) is 0 Å². The van der Waals surface area contributed by atoms with Crippen LogP contribution in [-0.2, 0) is 4.79 Å². The Bertz CT molecular complexity index is 480. The van der Waals surface area contributed by atoms with Gasteiger partial charge in [0.25, 0.3) is 0 Å². The van der Waals surface area contributed by atoms with Crippen molar-refractivity contribution in [2.45, 2.75) is 45.6 Å². The summed E-state index contributed by atoms with van der Waals surface area (Å²) in [6.45, 7) is 7.52. The van der Waals surface area contributed by atoms with Crippen LogP contribution in [0, 0.1) is 0 Å². The third-order valence-electron chi connectivity index (χ3n) is 3.67. The Balaban J connectivity index is 2.11. The van der Waals surface area contributed by atoms with E-state index in [1.165, 1.54) is 6.33 Å². The molecule has 0 spiro atoms. The summed E-state index contributed by atoms with van der Waals surface area (Å²) in [6.07, 6.45) is 3.39. The molecule has 2 heterocycles. The number of nitrogens with one attached hydrogen (secondary N) is 1. The number of carbonyl (C=O) groups excluding carboxylic acids is 1. The largest absolute Gasteiger partial charge is 0.383 e. The molecule has 1 saturated heterocycles. The van der Waals surface area contributed by atoms with Crippen LogP contribution in [0.15, 0.2) is 6.33 Å². The Kier molecular flexibility index (Phi) is 4.42. The number of hydrogen-bond acceptors (Lipinski definition) is 5. The Morgan fingerprint density at radius 1 is 1.40 bits per heavy atom. The summed E-state index contributed by atoms with van der Waals surface area (Å²) in [7, 11) is 0. The van der Waals surface area contributed by atoms with Crippen LogP contribution in [0.3, 0.4) is 0 Å². The first kappa shape index (κ1) is 14.6. The second kappa shape index (κ2) is 6.07. The van der Waals surface area contributed by atoms with Crippen LogP contribution in [0.2, 0.25) is 0 Å². The lowest BCUT2D eigenvalue weighted by Gasteiger charge is -2.34. The van der Waals surface area contributed by atoms with Gasteiger partial charge in [-0.05, 0) is 18.8 Å². The van der Waals surface area contributed by atoms with E-state index >= 15 is 0 Å². The standard InChI is InChI=1S/C14H23N5O/c1-9(2)12-13(15)16-8-17-14(12)19-6-4-11(5-7-19)18-10(3)20/h8-9,11H,4-7H2,1-3H3,(H,18,20)(H2,15,16,17). The van der Waals surface area contributed by atoms with Crippen LogP contribution < -0.4 is 16.0 Å². The number of nitrogen functional groups attached to an aromatic ring is 1. The van der Waals surface area contributed by atoms with Gasteiger partial charge in [0.05, 0.1) is 0 Å². The highest BCUT2D eigenvalue weighted by Gasteiger charge is 2.24. The molecular weight excluding hydrogens is 254 g/mol. The number of rotatable bonds is 3. The number of nitrogens with zero attached hydrogens (tertiary/aromatic N) is 3. The Morgan fingerprint density at radius 3 is 2.60 bits per heavy atom. The van der Waals surface area contributed by atoms with Crippen molar-refractivity contribution in [3.63, 3.8) is 0 Å². The molecule has 1 fully saturated rings. The highest BCUT2D eigenvalue weighted by atomic mass is 16.1. The number of hydrogen-bond donors (Lipinski definition) is 2. The third-order valence-corrected chi connectivity index (χ3v) is 3.67. The molecule has 0 unspecified atom stereocenters. The summed E-state index contributed by atoms with van der Waals surface area (Å²) in [5, 5.41) is 2.98. The molecule has 0 aromatic carbocycles. The quantitative estimate of drug-likeness (QED) is 0.869. The highest BCUT2D eigenvalue weighted by molar-refractivity contribution is 5.73. The molecule has 0 bridgehead atoms. The van der Waals surface area contributed by atoms with Gasteiger partial charge < -0.3 is 16.0 Å². The monoisotopic (exact) mass is 277 g/mol. The average Bonchev–Trinajstić information content (AvgIpc) is 2.38. The number of nitrogens with two attached hydrogens (primary N) is 1. The number of amides is 1. The van der Waals surface area contributed by atoms with Gasteiger partial charge in [0.15, 0.2) is 0 Å². The van der Waals surface area contributed by atoms with Gasteiger partial charge in [-0.1, -0.05) is 13.8 Å². The molecule has 6 heteroatoms. The van der Waals surface area contributed by atoms with E-state index < -0.39 is 0 Å². The zero-order valence-electron chi connectivity index (χ0n) is 12.4. The topological polar surface area (TPSA) is 84.1 Å². The predicted octanol–water partition coefficient (Wildman–Crippen LogP) is 1.29. The zero-order chi connectivity index (χ0) is 14.7. The van der Waals surface area contributed by atoms with Crippen molar-refractivity contribution >= 4 is 17.5 Å². The van der Waals surface area contributed by atoms with Crippen molar-refractivity contribution in [3.8, 4) is 0 Å². The van der Waals surface area contributed by atoms with Gasteiger partial charge in [0.1, 0.15) is 18.0 Å². The molecule has 1 aliphatic rings. The van der Waals surface area contributed by atoms with Crippen LogP contribution in [0.4, 0.5) is 11.6 Å². The maximum Gasteiger partial charge on any atom is 0.217 e. The molecular formula is C14H23N5O. The van der Waals surface area contributed by atoms with Crippen LogP contribution in [0.5, 0.6) is 0 Å². The predicted molar refractivity (Wildman–Crippen MR) is 79.6 cm³/mol. The smallest absolute Gasteiger partial charge is 0.217 e. The molecule has 3 N–H and O–H groups in total. The van der Waals surface area contributed by atoms with Crippen LogP contribution >= 0.6 is 0 Å². The Labute approximate surface area is 119 Å². The Morgan fingerprint density at radius 2 is 2.05 bits per heavy atom. The van der Waals surface area contributed by atoms with E-state index in [-0.39, 0.29) is 11.9 Å². The van der Waals surface area contributed by atoms with E-state index in [4.69, 9.17) is 5.73 Å². The minimum Gasteiger partial charge on any atom is -0.383 e. The van der Waals surface area contributed by atoms with Crippen molar-refractivity contribution in [2.24, 2.45) is 0 Å². The van der Waals surface area contributed by atoms with Crippen LogP contribution in [0.1, 0.15) is 45.1 Å². The highest BCUT2D eigenvalue weighted by Crippen LogP contribution is 2.30. The molecule has 1 aliphatic heterocycles. The number of piperidine rings is 1. The molecule has 0 saturated carbocycles. The van der Waals surface area contributed by atoms with Gasteiger partial charge in [0, 0.05) is 31.6 Å². The number of aromatic nitrogens is 2. The maximum absolute atomic E-state index is 11.1. The fourth-order valence-electron chi connectivity index (χ4n) is 2.73. The van der Waals surface area contributed by atoms with Crippen molar-refractivity contribution in [1.82, 2.24) is 15.3 Å². The summed E-state index contributed by atoms with van der Waals surface area (Å²) < 4.78 is 0. The molecule has 6 nitrogen and oxygen atoms in total. The van der Waals surface area contributed by atoms with Gasteiger partial charge in [-0.3, -0.25) is 4.79 Å². The van der Waals surface area contributed by atoms with E-state index in [9.17, 15) is 4.79 Å². The molecule has 20 heavy (non-hydrogen) atoms. The first-order valence-electron chi connectivity index (χ1n) is 7.11. The number of anilines is 2. The zero-order valence-corrected chi connectivity index (χ0v) is 12.4. The van der Waals surface area contributed by atoms with E-state index in [0.29, 0.717) is 11.7 Å². The van der Waals surface area contributed by atoms with Crippen LogP contribution in [-0.4, -0.2) is 35.0 Å². The first-order valence-corrected chi connectivity index (χ1v) is 7.11. The molecule has 110 valence electrons. The average molecular weight is 277 g/mol. The lowest BCUT2D eigenvalue weighted by Crippen LogP contribution is -2.44.